The standard InChI is InChI=1S/C13H20N2O3S/c1-19(16,17)12-6-2-5-11(13(12)14)15-8-7-10-4-3-9-18-10/h2,5-6,10,15H,3-4,7-9,14H2,1H3. The number of nitrogens with two attached hydrogens (primary N) is 1. The maximum absolute atomic E-state index is 11.6. The van der Waals surface area contributed by atoms with Crippen molar-refractivity contribution < 1.29 is 13.2 Å². The van der Waals surface area contributed by atoms with Crippen LogP contribution >= 0.6 is 0 Å². The fraction of sp³-hybridized carbons (Fsp3) is 0.538. The minimum atomic E-state index is -3.29. The third-order valence-electron chi connectivity index (χ3n) is 3.27. The van der Waals surface area contributed by atoms with Gasteiger partial charge in [0, 0.05) is 19.4 Å². The average molecular weight is 284 g/mol. The first kappa shape index (κ1) is 14.1. The van der Waals surface area contributed by atoms with Crippen LogP contribution in [0.25, 0.3) is 0 Å². The van der Waals surface area contributed by atoms with Crippen LogP contribution in [0.5, 0.6) is 0 Å². The Morgan fingerprint density at radius 3 is 2.89 bits per heavy atom. The zero-order valence-corrected chi connectivity index (χ0v) is 11.9. The van der Waals surface area contributed by atoms with Crippen LogP contribution in [-0.2, 0) is 14.6 Å². The van der Waals surface area contributed by atoms with Crippen LogP contribution in [0, 0.1) is 0 Å². The first-order chi connectivity index (χ1) is 8.98. The number of ether oxygens (including phenoxy) is 1. The molecule has 1 aliphatic rings. The average Bonchev–Trinajstić information content (AvgIpc) is 2.83. The van der Waals surface area contributed by atoms with Gasteiger partial charge in [0.1, 0.15) is 0 Å². The highest BCUT2D eigenvalue weighted by Crippen LogP contribution is 2.26. The molecule has 1 fully saturated rings. The predicted molar refractivity (Wildman–Crippen MR) is 76.0 cm³/mol. The molecule has 6 heteroatoms. The molecule has 0 radical (unpaired) electrons. The lowest BCUT2D eigenvalue weighted by Crippen LogP contribution is -2.14. The van der Waals surface area contributed by atoms with Crippen LogP contribution in [0.3, 0.4) is 0 Å². The summed E-state index contributed by atoms with van der Waals surface area (Å²) in [4.78, 5) is 0.176. The van der Waals surface area contributed by atoms with Crippen molar-refractivity contribution in [2.75, 3.05) is 30.5 Å². The number of rotatable bonds is 5. The minimum absolute atomic E-state index is 0.176. The number of anilines is 2. The van der Waals surface area contributed by atoms with Crippen molar-refractivity contribution in [2.45, 2.75) is 30.3 Å². The summed E-state index contributed by atoms with van der Waals surface area (Å²) in [6.45, 7) is 1.57. The van der Waals surface area contributed by atoms with Crippen molar-refractivity contribution in [3.63, 3.8) is 0 Å². The van der Waals surface area contributed by atoms with E-state index in [1.807, 2.05) is 0 Å². The van der Waals surface area contributed by atoms with Crippen molar-refractivity contribution in [1.82, 2.24) is 0 Å². The Balaban J connectivity index is 2.00. The molecule has 0 aliphatic carbocycles. The van der Waals surface area contributed by atoms with E-state index in [4.69, 9.17) is 10.5 Å². The van der Waals surface area contributed by atoms with E-state index in [1.54, 1.807) is 12.1 Å². The summed E-state index contributed by atoms with van der Waals surface area (Å²) in [5.41, 5.74) is 6.85. The van der Waals surface area contributed by atoms with Gasteiger partial charge in [-0.15, -0.1) is 0 Å². The topological polar surface area (TPSA) is 81.4 Å². The maximum atomic E-state index is 11.6. The monoisotopic (exact) mass is 284 g/mol. The van der Waals surface area contributed by atoms with E-state index in [0.717, 1.165) is 38.7 Å². The zero-order chi connectivity index (χ0) is 13.9. The van der Waals surface area contributed by atoms with Gasteiger partial charge in [-0.05, 0) is 31.4 Å². The number of sulfone groups is 1. The molecule has 0 aromatic heterocycles. The van der Waals surface area contributed by atoms with E-state index in [2.05, 4.69) is 5.32 Å². The van der Waals surface area contributed by atoms with Gasteiger partial charge in [0.15, 0.2) is 9.84 Å². The fourth-order valence-electron chi connectivity index (χ4n) is 2.26. The molecule has 2 rings (SSSR count). The third-order valence-corrected chi connectivity index (χ3v) is 4.43. The summed E-state index contributed by atoms with van der Waals surface area (Å²) in [7, 11) is -3.29. The predicted octanol–water partition coefficient (Wildman–Crippen LogP) is 1.65. The quantitative estimate of drug-likeness (QED) is 0.804. The third kappa shape index (κ3) is 3.61. The zero-order valence-electron chi connectivity index (χ0n) is 11.1. The number of benzene rings is 1. The first-order valence-electron chi connectivity index (χ1n) is 6.42. The lowest BCUT2D eigenvalue weighted by Gasteiger charge is -2.14. The Labute approximate surface area is 114 Å². The molecule has 1 aromatic carbocycles. The van der Waals surface area contributed by atoms with Crippen molar-refractivity contribution in [3.8, 4) is 0 Å². The molecule has 1 aromatic rings. The van der Waals surface area contributed by atoms with Crippen LogP contribution in [-0.4, -0.2) is 33.9 Å². The lowest BCUT2D eigenvalue weighted by molar-refractivity contribution is 0.107. The molecular weight excluding hydrogens is 264 g/mol. The molecule has 0 bridgehead atoms. The maximum Gasteiger partial charge on any atom is 0.177 e. The molecule has 1 saturated heterocycles. The molecule has 1 aliphatic heterocycles. The molecule has 19 heavy (non-hydrogen) atoms. The normalized spacial score (nSPS) is 19.5. The van der Waals surface area contributed by atoms with E-state index < -0.39 is 9.84 Å². The van der Waals surface area contributed by atoms with Gasteiger partial charge in [0.05, 0.1) is 22.4 Å². The molecular formula is C13H20N2O3S. The van der Waals surface area contributed by atoms with Crippen molar-refractivity contribution in [1.29, 1.82) is 0 Å². The van der Waals surface area contributed by atoms with E-state index in [1.165, 1.54) is 6.07 Å². The molecule has 106 valence electrons. The van der Waals surface area contributed by atoms with Crippen molar-refractivity contribution in [2.24, 2.45) is 0 Å². The summed E-state index contributed by atoms with van der Waals surface area (Å²) in [6, 6.07) is 5.01. The Hall–Kier alpha value is -1.27. The summed E-state index contributed by atoms with van der Waals surface area (Å²) in [6.07, 6.45) is 4.60. The van der Waals surface area contributed by atoms with Gasteiger partial charge < -0.3 is 15.8 Å². The van der Waals surface area contributed by atoms with Gasteiger partial charge >= 0.3 is 0 Å². The van der Waals surface area contributed by atoms with E-state index in [-0.39, 0.29) is 10.6 Å². The highest BCUT2D eigenvalue weighted by atomic mass is 32.2. The summed E-state index contributed by atoms with van der Waals surface area (Å²) >= 11 is 0. The number of nitrogen functional groups attached to an aromatic ring is 1. The van der Waals surface area contributed by atoms with E-state index in [9.17, 15) is 8.42 Å². The van der Waals surface area contributed by atoms with Gasteiger partial charge in [0.25, 0.3) is 0 Å². The van der Waals surface area contributed by atoms with Crippen LogP contribution in [0.2, 0.25) is 0 Å². The Kier molecular flexibility index (Phi) is 4.31. The number of nitrogens with one attached hydrogen (secondary N) is 1. The Bertz CT molecular complexity index is 537. The molecule has 0 amide bonds. The summed E-state index contributed by atoms with van der Waals surface area (Å²) < 4.78 is 28.7. The Morgan fingerprint density at radius 1 is 1.47 bits per heavy atom. The highest BCUT2D eigenvalue weighted by molar-refractivity contribution is 7.90. The Morgan fingerprint density at radius 2 is 2.26 bits per heavy atom. The molecule has 3 N–H and O–H groups in total. The second-order valence-corrected chi connectivity index (χ2v) is 6.82. The molecule has 0 spiro atoms. The SMILES string of the molecule is CS(=O)(=O)c1cccc(NCCC2CCCO2)c1N. The summed E-state index contributed by atoms with van der Waals surface area (Å²) in [5.74, 6) is 0. The van der Waals surface area contributed by atoms with Gasteiger partial charge in [-0.25, -0.2) is 8.42 Å². The fourth-order valence-corrected chi connectivity index (χ4v) is 3.10. The van der Waals surface area contributed by atoms with Crippen LogP contribution in [0.15, 0.2) is 23.1 Å². The molecule has 1 unspecified atom stereocenters. The van der Waals surface area contributed by atoms with Gasteiger partial charge in [-0.2, -0.15) is 0 Å². The number of para-hydroxylation sites is 1. The van der Waals surface area contributed by atoms with Gasteiger partial charge in [-0.3, -0.25) is 0 Å². The molecule has 0 saturated carbocycles. The lowest BCUT2D eigenvalue weighted by atomic mass is 10.2. The number of hydrogen-bond acceptors (Lipinski definition) is 5. The van der Waals surface area contributed by atoms with E-state index in [0.29, 0.717) is 11.8 Å². The van der Waals surface area contributed by atoms with Gasteiger partial charge in [0.2, 0.25) is 0 Å². The van der Waals surface area contributed by atoms with Crippen LogP contribution in [0.1, 0.15) is 19.3 Å². The second kappa shape index (κ2) is 5.79. The van der Waals surface area contributed by atoms with Crippen LogP contribution in [0.4, 0.5) is 11.4 Å². The first-order valence-corrected chi connectivity index (χ1v) is 8.31. The highest BCUT2D eigenvalue weighted by Gasteiger charge is 2.16. The minimum Gasteiger partial charge on any atom is -0.396 e. The molecule has 1 atom stereocenters. The van der Waals surface area contributed by atoms with Crippen molar-refractivity contribution >= 4 is 21.2 Å². The summed E-state index contributed by atoms with van der Waals surface area (Å²) in [5, 5.41) is 3.18. The van der Waals surface area contributed by atoms with Crippen molar-refractivity contribution in [3.05, 3.63) is 18.2 Å². The smallest absolute Gasteiger partial charge is 0.177 e. The second-order valence-electron chi connectivity index (χ2n) is 4.84. The molecule has 1 heterocycles. The van der Waals surface area contributed by atoms with Gasteiger partial charge in [-0.1, -0.05) is 6.07 Å². The van der Waals surface area contributed by atoms with Crippen LogP contribution < -0.4 is 11.1 Å². The molecule has 5 nitrogen and oxygen atoms in total. The van der Waals surface area contributed by atoms with E-state index >= 15 is 0 Å². The number of hydrogen-bond donors (Lipinski definition) is 2. The largest absolute Gasteiger partial charge is 0.396 e.